The Hall–Kier alpha value is -4.64. The van der Waals surface area contributed by atoms with E-state index in [1.54, 1.807) is 12.1 Å². The van der Waals surface area contributed by atoms with Crippen molar-refractivity contribution in [3.05, 3.63) is 77.9 Å². The Morgan fingerprint density at radius 3 is 2.19 bits per heavy atom. The zero-order chi connectivity index (χ0) is 30.3. The molecule has 0 spiro atoms. The van der Waals surface area contributed by atoms with Crippen molar-refractivity contribution in [2.45, 2.75) is 38.3 Å². The molecule has 1 heterocycles. The van der Waals surface area contributed by atoms with Crippen LogP contribution in [-0.4, -0.2) is 52.8 Å². The highest BCUT2D eigenvalue weighted by atomic mass is 32.2. The van der Waals surface area contributed by atoms with Crippen molar-refractivity contribution in [1.29, 1.82) is 0 Å². The van der Waals surface area contributed by atoms with Crippen LogP contribution in [0.4, 0.5) is 0 Å². The molecule has 4 aromatic rings. The standard InChI is InChI=1S/C31H33N5O5S/c1-20(37)41-28-25(39-5)16-21(17-26(28)40-6)18-32-33-27(38)19-42-30-35-34-29(36(30)24-10-8-7-9-11-24)22-12-14-23(15-13-22)31(2,3)4/h7-18H,19H2,1-6H3,(H,33,38). The largest absolute Gasteiger partial charge is 0.493 e. The van der Waals surface area contributed by atoms with Gasteiger partial charge in [0.15, 0.2) is 22.5 Å². The Balaban J connectivity index is 1.49. The summed E-state index contributed by atoms with van der Waals surface area (Å²) in [6, 6.07) is 21.3. The molecule has 0 saturated carbocycles. The van der Waals surface area contributed by atoms with Gasteiger partial charge < -0.3 is 14.2 Å². The highest BCUT2D eigenvalue weighted by Gasteiger charge is 2.19. The first-order chi connectivity index (χ1) is 20.1. The molecule has 4 rings (SSSR count). The van der Waals surface area contributed by atoms with Gasteiger partial charge in [0.05, 0.1) is 26.2 Å². The van der Waals surface area contributed by atoms with E-state index in [4.69, 9.17) is 14.2 Å². The molecule has 0 fully saturated rings. The van der Waals surface area contributed by atoms with Crippen LogP contribution in [0.2, 0.25) is 0 Å². The second kappa shape index (κ2) is 13.3. The van der Waals surface area contributed by atoms with Crippen molar-refractivity contribution >= 4 is 29.9 Å². The molecule has 0 saturated heterocycles. The molecule has 3 aromatic carbocycles. The third kappa shape index (κ3) is 7.35. The average molecular weight is 588 g/mol. The highest BCUT2D eigenvalue weighted by Crippen LogP contribution is 2.38. The van der Waals surface area contributed by atoms with Crippen LogP contribution >= 0.6 is 11.8 Å². The second-order valence-electron chi connectivity index (χ2n) is 10.2. The Bertz CT molecular complexity index is 1550. The number of amides is 1. The zero-order valence-electron chi connectivity index (χ0n) is 24.4. The van der Waals surface area contributed by atoms with Crippen molar-refractivity contribution < 1.29 is 23.8 Å². The van der Waals surface area contributed by atoms with Crippen molar-refractivity contribution in [2.75, 3.05) is 20.0 Å². The van der Waals surface area contributed by atoms with Crippen LogP contribution < -0.4 is 19.6 Å². The molecule has 218 valence electrons. The molecule has 1 N–H and O–H groups in total. The first kappa shape index (κ1) is 30.3. The molecule has 10 nitrogen and oxygen atoms in total. The van der Waals surface area contributed by atoms with E-state index < -0.39 is 5.97 Å². The van der Waals surface area contributed by atoms with Crippen molar-refractivity contribution in [2.24, 2.45) is 5.10 Å². The van der Waals surface area contributed by atoms with Gasteiger partial charge in [0.1, 0.15) is 0 Å². The maximum absolute atomic E-state index is 12.7. The number of hydrogen-bond donors (Lipinski definition) is 1. The number of hydrazone groups is 1. The Morgan fingerprint density at radius 1 is 0.976 bits per heavy atom. The van der Waals surface area contributed by atoms with Crippen LogP contribution in [0.5, 0.6) is 17.2 Å². The topological polar surface area (TPSA) is 117 Å². The Kier molecular flexibility index (Phi) is 9.64. The molecule has 1 amide bonds. The lowest BCUT2D eigenvalue weighted by Crippen LogP contribution is -2.20. The SMILES string of the molecule is COc1cc(C=NNC(=O)CSc2nnc(-c3ccc(C(C)(C)C)cc3)n2-c2ccccc2)cc(OC)c1OC(C)=O. The van der Waals surface area contributed by atoms with Gasteiger partial charge in [-0.1, -0.05) is 75.0 Å². The van der Waals surface area contributed by atoms with E-state index in [0.717, 1.165) is 11.3 Å². The van der Waals surface area contributed by atoms with Gasteiger partial charge in [-0.25, -0.2) is 5.43 Å². The number of ether oxygens (including phenoxy) is 3. The lowest BCUT2D eigenvalue weighted by Gasteiger charge is -2.19. The molecule has 0 atom stereocenters. The lowest BCUT2D eigenvalue weighted by molar-refractivity contribution is -0.132. The maximum atomic E-state index is 12.7. The Morgan fingerprint density at radius 2 is 1.62 bits per heavy atom. The molecule has 11 heteroatoms. The fraction of sp³-hybridized carbons (Fsp3) is 0.258. The number of nitrogens with zero attached hydrogens (tertiary/aromatic N) is 4. The summed E-state index contributed by atoms with van der Waals surface area (Å²) in [5.41, 5.74) is 6.16. The van der Waals surface area contributed by atoms with E-state index in [2.05, 4.69) is 53.6 Å². The summed E-state index contributed by atoms with van der Waals surface area (Å²) in [5.74, 6) is 0.647. The quantitative estimate of drug-likeness (QED) is 0.0860. The molecule has 0 unspecified atom stereocenters. The molecule has 1 aromatic heterocycles. The van der Waals surface area contributed by atoms with Gasteiger partial charge in [-0.2, -0.15) is 5.10 Å². The van der Waals surface area contributed by atoms with Gasteiger partial charge in [-0.15, -0.1) is 10.2 Å². The smallest absolute Gasteiger partial charge is 0.308 e. The van der Waals surface area contributed by atoms with Crippen LogP contribution in [0, 0.1) is 0 Å². The average Bonchev–Trinajstić information content (AvgIpc) is 3.40. The summed E-state index contributed by atoms with van der Waals surface area (Å²) in [6.45, 7) is 7.81. The van der Waals surface area contributed by atoms with E-state index in [0.29, 0.717) is 16.5 Å². The van der Waals surface area contributed by atoms with Crippen LogP contribution in [0.15, 0.2) is 77.0 Å². The van der Waals surface area contributed by atoms with Crippen LogP contribution in [0.1, 0.15) is 38.8 Å². The van der Waals surface area contributed by atoms with E-state index >= 15 is 0 Å². The number of esters is 1. The van der Waals surface area contributed by atoms with Gasteiger partial charge >= 0.3 is 5.97 Å². The molecule has 0 radical (unpaired) electrons. The number of carbonyl (C=O) groups excluding carboxylic acids is 2. The molecular weight excluding hydrogens is 554 g/mol. The number of methoxy groups -OCH3 is 2. The first-order valence-electron chi connectivity index (χ1n) is 13.1. The number of aromatic nitrogens is 3. The van der Waals surface area contributed by atoms with E-state index in [1.165, 1.54) is 44.7 Å². The third-order valence-electron chi connectivity index (χ3n) is 6.12. The lowest BCUT2D eigenvalue weighted by atomic mass is 9.87. The molecule has 42 heavy (non-hydrogen) atoms. The fourth-order valence-electron chi connectivity index (χ4n) is 4.04. The van der Waals surface area contributed by atoms with Gasteiger partial charge in [0, 0.05) is 23.7 Å². The second-order valence-corrected chi connectivity index (χ2v) is 11.2. The van der Waals surface area contributed by atoms with Gasteiger partial charge in [-0.05, 0) is 35.2 Å². The van der Waals surface area contributed by atoms with E-state index in [1.807, 2.05) is 47.0 Å². The van der Waals surface area contributed by atoms with E-state index in [-0.39, 0.29) is 34.3 Å². The van der Waals surface area contributed by atoms with Crippen molar-refractivity contribution in [1.82, 2.24) is 20.2 Å². The van der Waals surface area contributed by atoms with Gasteiger partial charge in [0.25, 0.3) is 5.91 Å². The summed E-state index contributed by atoms with van der Waals surface area (Å²) in [4.78, 5) is 24.1. The number of para-hydroxylation sites is 1. The van der Waals surface area contributed by atoms with Crippen molar-refractivity contribution in [3.8, 4) is 34.3 Å². The van der Waals surface area contributed by atoms with Crippen LogP contribution in [0.3, 0.4) is 0 Å². The van der Waals surface area contributed by atoms with Crippen molar-refractivity contribution in [3.63, 3.8) is 0 Å². The normalized spacial score (nSPS) is 11.4. The number of carbonyl (C=O) groups is 2. The summed E-state index contributed by atoms with van der Waals surface area (Å²) in [6.07, 6.45) is 1.44. The summed E-state index contributed by atoms with van der Waals surface area (Å²) in [7, 11) is 2.89. The fourth-order valence-corrected chi connectivity index (χ4v) is 4.78. The molecule has 0 aliphatic rings. The number of hydrogen-bond acceptors (Lipinski definition) is 9. The minimum absolute atomic E-state index is 0.0357. The third-order valence-corrected chi connectivity index (χ3v) is 7.05. The molecular formula is C31H33N5O5S. The predicted octanol–water partition coefficient (Wildman–Crippen LogP) is 5.42. The minimum atomic E-state index is -0.508. The summed E-state index contributed by atoms with van der Waals surface area (Å²) >= 11 is 1.25. The first-order valence-corrected chi connectivity index (χ1v) is 14.1. The monoisotopic (exact) mass is 587 g/mol. The predicted molar refractivity (Wildman–Crippen MR) is 163 cm³/mol. The number of thioether (sulfide) groups is 1. The molecule has 0 bridgehead atoms. The minimum Gasteiger partial charge on any atom is -0.493 e. The van der Waals surface area contributed by atoms with Crippen LogP contribution in [0.25, 0.3) is 17.1 Å². The van der Waals surface area contributed by atoms with Crippen LogP contribution in [-0.2, 0) is 15.0 Å². The molecule has 0 aliphatic heterocycles. The summed E-state index contributed by atoms with van der Waals surface area (Å²) < 4.78 is 17.8. The molecule has 0 aliphatic carbocycles. The number of benzene rings is 3. The van der Waals surface area contributed by atoms with Gasteiger partial charge in [-0.3, -0.25) is 14.2 Å². The van der Waals surface area contributed by atoms with Gasteiger partial charge in [0.2, 0.25) is 5.75 Å². The highest BCUT2D eigenvalue weighted by molar-refractivity contribution is 7.99. The maximum Gasteiger partial charge on any atom is 0.308 e. The van der Waals surface area contributed by atoms with E-state index in [9.17, 15) is 9.59 Å². The number of rotatable bonds is 10. The Labute approximate surface area is 249 Å². The summed E-state index contributed by atoms with van der Waals surface area (Å²) in [5, 5.41) is 13.5. The zero-order valence-corrected chi connectivity index (χ0v) is 25.2. The number of nitrogens with one attached hydrogen (secondary N) is 1.